The van der Waals surface area contributed by atoms with Crippen molar-refractivity contribution in [2.24, 2.45) is 0 Å². The number of hydrogen-bond donors (Lipinski definition) is 2. The Labute approximate surface area is 88.7 Å². The number of nitrogens with one attached hydrogen (secondary N) is 1. The summed E-state index contributed by atoms with van der Waals surface area (Å²) in [4.78, 5) is 11.3. The fourth-order valence-electron chi connectivity index (χ4n) is 2.02. The van der Waals surface area contributed by atoms with Crippen molar-refractivity contribution < 1.29 is 18.3 Å². The first-order valence-electron chi connectivity index (χ1n) is 4.96. The van der Waals surface area contributed by atoms with Crippen molar-refractivity contribution in [2.45, 2.75) is 37.6 Å². The Morgan fingerprint density at radius 1 is 1.44 bits per heavy atom. The molecule has 1 saturated carbocycles. The van der Waals surface area contributed by atoms with Gasteiger partial charge in [0.2, 0.25) is 0 Å². The summed E-state index contributed by atoms with van der Waals surface area (Å²) in [5.74, 6) is 0. The molecular formula is C9H11F3N2O2. The second-order valence-electron chi connectivity index (χ2n) is 3.94. The van der Waals surface area contributed by atoms with Crippen molar-refractivity contribution >= 4 is 0 Å². The number of H-pyrrole nitrogens is 1. The second-order valence-corrected chi connectivity index (χ2v) is 3.94. The smallest absolute Gasteiger partial charge is 0.391 e. The van der Waals surface area contributed by atoms with Gasteiger partial charge < -0.3 is 5.11 Å². The zero-order valence-electron chi connectivity index (χ0n) is 8.29. The highest BCUT2D eigenvalue weighted by atomic mass is 19.4. The first kappa shape index (κ1) is 11.3. The predicted molar refractivity (Wildman–Crippen MR) is 48.9 cm³/mol. The lowest BCUT2D eigenvalue weighted by Crippen LogP contribution is -2.27. The predicted octanol–water partition coefficient (Wildman–Crippen LogP) is 1.28. The molecule has 16 heavy (non-hydrogen) atoms. The maximum Gasteiger partial charge on any atom is 0.432 e. The van der Waals surface area contributed by atoms with Crippen molar-refractivity contribution in [2.75, 3.05) is 0 Å². The third kappa shape index (κ3) is 1.87. The van der Waals surface area contributed by atoms with Crippen molar-refractivity contribution in [3.63, 3.8) is 0 Å². The molecule has 1 fully saturated rings. The summed E-state index contributed by atoms with van der Waals surface area (Å²) in [6, 6.07) is -0.0472. The number of rotatable bonds is 1. The van der Waals surface area contributed by atoms with Crippen LogP contribution in [0, 0.1) is 0 Å². The molecule has 1 heterocycles. The second kappa shape index (κ2) is 3.65. The molecule has 0 bridgehead atoms. The van der Waals surface area contributed by atoms with Crippen molar-refractivity contribution in [3.8, 4) is 0 Å². The van der Waals surface area contributed by atoms with Gasteiger partial charge in [0.15, 0.2) is 0 Å². The van der Waals surface area contributed by atoms with Crippen LogP contribution in [0.5, 0.6) is 0 Å². The minimum Gasteiger partial charge on any atom is -0.391 e. The number of aromatic nitrogens is 2. The van der Waals surface area contributed by atoms with E-state index in [0.717, 1.165) is 4.68 Å². The third-order valence-corrected chi connectivity index (χ3v) is 2.83. The van der Waals surface area contributed by atoms with E-state index < -0.39 is 29.6 Å². The highest BCUT2D eigenvalue weighted by Crippen LogP contribution is 2.31. The molecule has 0 saturated heterocycles. The highest BCUT2D eigenvalue weighted by Gasteiger charge is 2.36. The lowest BCUT2D eigenvalue weighted by Gasteiger charge is -2.15. The van der Waals surface area contributed by atoms with Crippen LogP contribution in [-0.2, 0) is 6.18 Å². The van der Waals surface area contributed by atoms with Crippen molar-refractivity contribution in [3.05, 3.63) is 22.1 Å². The maximum absolute atomic E-state index is 12.3. The van der Waals surface area contributed by atoms with Crippen LogP contribution >= 0.6 is 0 Å². The number of nitrogens with zero attached hydrogens (tertiary/aromatic N) is 1. The van der Waals surface area contributed by atoms with Crippen LogP contribution in [0.3, 0.4) is 0 Å². The summed E-state index contributed by atoms with van der Waals surface area (Å²) >= 11 is 0. The van der Waals surface area contributed by atoms with Crippen LogP contribution < -0.4 is 5.56 Å². The Balaban J connectivity index is 2.36. The summed E-state index contributed by atoms with van der Waals surface area (Å²) in [6.07, 6.45) is -3.58. The molecule has 0 aliphatic heterocycles. The highest BCUT2D eigenvalue weighted by molar-refractivity contribution is 5.05. The lowest BCUT2D eigenvalue weighted by atomic mass is 10.2. The SMILES string of the molecule is O=c1cc(C(F)(F)F)[nH]n1C1CCCC1O. The standard InChI is InChI=1S/C9H11F3N2O2/c10-9(11,12)7-4-8(16)14(13-7)5-2-1-3-6(5)15/h4-6,13,15H,1-3H2. The normalized spacial score (nSPS) is 26.2. The van der Waals surface area contributed by atoms with Crippen LogP contribution in [0.15, 0.2) is 10.9 Å². The first-order valence-corrected chi connectivity index (χ1v) is 4.96. The molecule has 2 N–H and O–H groups in total. The maximum atomic E-state index is 12.3. The van der Waals surface area contributed by atoms with Gasteiger partial charge in [0.1, 0.15) is 5.69 Å². The van der Waals surface area contributed by atoms with Gasteiger partial charge in [-0.05, 0) is 19.3 Å². The van der Waals surface area contributed by atoms with Gasteiger partial charge in [-0.3, -0.25) is 9.89 Å². The van der Waals surface area contributed by atoms with E-state index in [4.69, 9.17) is 0 Å². The van der Waals surface area contributed by atoms with Gasteiger partial charge in [0.25, 0.3) is 5.56 Å². The van der Waals surface area contributed by atoms with Gasteiger partial charge in [0.05, 0.1) is 12.1 Å². The summed E-state index contributed by atoms with van der Waals surface area (Å²) in [5.41, 5.74) is -1.82. The number of halogens is 3. The molecule has 2 unspecified atom stereocenters. The van der Waals surface area contributed by atoms with Crippen LogP contribution in [0.4, 0.5) is 13.2 Å². The van der Waals surface area contributed by atoms with E-state index in [1.165, 1.54) is 0 Å². The average Bonchev–Trinajstić information content (AvgIpc) is 2.70. The molecule has 4 nitrogen and oxygen atoms in total. The minimum absolute atomic E-state index is 0.511. The van der Waals surface area contributed by atoms with Crippen molar-refractivity contribution in [1.29, 1.82) is 0 Å². The van der Waals surface area contributed by atoms with E-state index in [2.05, 4.69) is 0 Å². The summed E-state index contributed by atoms with van der Waals surface area (Å²) in [7, 11) is 0. The molecule has 1 aliphatic rings. The van der Waals surface area contributed by atoms with Gasteiger partial charge in [-0.2, -0.15) is 13.2 Å². The average molecular weight is 236 g/mol. The number of aliphatic hydroxyl groups is 1. The topological polar surface area (TPSA) is 58.0 Å². The van der Waals surface area contributed by atoms with Crippen LogP contribution in [0.1, 0.15) is 31.0 Å². The fourth-order valence-corrected chi connectivity index (χ4v) is 2.02. The number of aliphatic hydroxyl groups excluding tert-OH is 1. The third-order valence-electron chi connectivity index (χ3n) is 2.83. The minimum atomic E-state index is -4.56. The molecule has 1 aromatic rings. The first-order chi connectivity index (χ1) is 7.39. The van der Waals surface area contributed by atoms with Gasteiger partial charge in [-0.15, -0.1) is 0 Å². The molecular weight excluding hydrogens is 225 g/mol. The Kier molecular flexibility index (Phi) is 2.57. The Morgan fingerprint density at radius 3 is 2.56 bits per heavy atom. The van der Waals surface area contributed by atoms with Crippen LogP contribution in [0.2, 0.25) is 0 Å². The van der Waals surface area contributed by atoms with E-state index >= 15 is 0 Å². The molecule has 0 amide bonds. The van der Waals surface area contributed by atoms with E-state index in [-0.39, 0.29) is 0 Å². The van der Waals surface area contributed by atoms with Gasteiger partial charge in [-0.25, -0.2) is 4.68 Å². The van der Waals surface area contributed by atoms with Crippen molar-refractivity contribution in [1.82, 2.24) is 9.78 Å². The van der Waals surface area contributed by atoms with Gasteiger partial charge in [-0.1, -0.05) is 0 Å². The molecule has 1 aromatic heterocycles. The zero-order valence-corrected chi connectivity index (χ0v) is 8.29. The molecule has 0 spiro atoms. The number of alkyl halides is 3. The van der Waals surface area contributed by atoms with Crippen LogP contribution in [-0.4, -0.2) is 21.0 Å². The molecule has 1 aliphatic carbocycles. The quantitative estimate of drug-likeness (QED) is 0.771. The van der Waals surface area contributed by atoms with E-state index in [1.54, 1.807) is 0 Å². The fraction of sp³-hybridized carbons (Fsp3) is 0.667. The Morgan fingerprint density at radius 2 is 2.12 bits per heavy atom. The molecule has 0 radical (unpaired) electrons. The Bertz CT molecular complexity index is 435. The lowest BCUT2D eigenvalue weighted by molar-refractivity contribution is -0.141. The molecule has 2 atom stereocenters. The Hall–Kier alpha value is -1.24. The monoisotopic (exact) mass is 236 g/mol. The summed E-state index contributed by atoms with van der Waals surface area (Å²) < 4.78 is 37.8. The molecule has 0 aromatic carbocycles. The van der Waals surface area contributed by atoms with Crippen LogP contribution in [0.25, 0.3) is 0 Å². The summed E-state index contributed by atoms with van der Waals surface area (Å²) in [6.45, 7) is 0. The largest absolute Gasteiger partial charge is 0.432 e. The molecule has 2 rings (SSSR count). The van der Waals surface area contributed by atoms with E-state index in [0.29, 0.717) is 25.3 Å². The number of hydrogen-bond acceptors (Lipinski definition) is 2. The molecule has 90 valence electrons. The molecule has 7 heteroatoms. The summed E-state index contributed by atoms with van der Waals surface area (Å²) in [5, 5.41) is 11.5. The van der Waals surface area contributed by atoms with Gasteiger partial charge >= 0.3 is 6.18 Å². The van der Waals surface area contributed by atoms with E-state index in [9.17, 15) is 23.1 Å². The van der Waals surface area contributed by atoms with Gasteiger partial charge in [0, 0.05) is 6.07 Å². The van der Waals surface area contributed by atoms with E-state index in [1.807, 2.05) is 5.10 Å². The number of aromatic amines is 1. The zero-order chi connectivity index (χ0) is 11.9.